The number of hydrogen-bond donors (Lipinski definition) is 4. The van der Waals surface area contributed by atoms with Gasteiger partial charge in [-0.05, 0) is 30.7 Å². The maximum Gasteiger partial charge on any atom is 0.338 e. The number of epoxide rings is 1. The number of guanidine groups is 1. The van der Waals surface area contributed by atoms with Crippen LogP contribution in [0.25, 0.3) is 0 Å². The molecule has 0 aromatic heterocycles. The predicted molar refractivity (Wildman–Crippen MR) is 134 cm³/mol. The molecule has 1 aromatic carbocycles. The molecule has 198 valence electrons. The maximum atomic E-state index is 13.4. The van der Waals surface area contributed by atoms with Crippen LogP contribution in [0.4, 0.5) is 0 Å². The summed E-state index contributed by atoms with van der Waals surface area (Å²) in [5.41, 5.74) is 11.5. The lowest BCUT2D eigenvalue weighted by Gasteiger charge is -2.22. The van der Waals surface area contributed by atoms with E-state index in [9.17, 15) is 19.2 Å². The van der Waals surface area contributed by atoms with Crippen molar-refractivity contribution >= 4 is 29.5 Å². The Balaban J connectivity index is 2.06. The Hall–Kier alpha value is -3.47. The molecule has 0 saturated carbocycles. The summed E-state index contributed by atoms with van der Waals surface area (Å²) in [6.07, 6.45) is -0.698. The average molecular weight is 504 g/mol. The van der Waals surface area contributed by atoms with Gasteiger partial charge in [0.25, 0.3) is 5.91 Å². The number of nitrogens with two attached hydrogens (primary N) is 2. The second-order valence-corrected chi connectivity index (χ2v) is 9.20. The van der Waals surface area contributed by atoms with Gasteiger partial charge in [0, 0.05) is 25.4 Å². The number of hydrogen-bond acceptors (Lipinski definition) is 7. The van der Waals surface area contributed by atoms with Crippen LogP contribution in [0.1, 0.15) is 38.7 Å². The van der Waals surface area contributed by atoms with Crippen molar-refractivity contribution in [2.45, 2.75) is 57.8 Å². The average Bonchev–Trinajstić information content (AvgIpc) is 3.63. The molecule has 0 spiro atoms. The largest absolute Gasteiger partial charge is 0.467 e. The Bertz CT molecular complexity index is 932. The highest BCUT2D eigenvalue weighted by Gasteiger charge is 2.52. The molecule has 1 aliphatic rings. The molecule has 11 nitrogen and oxygen atoms in total. The number of esters is 1. The van der Waals surface area contributed by atoms with E-state index in [0.29, 0.717) is 25.9 Å². The molecule has 1 aromatic rings. The second-order valence-electron chi connectivity index (χ2n) is 9.20. The van der Waals surface area contributed by atoms with Gasteiger partial charge in [-0.3, -0.25) is 19.4 Å². The number of methoxy groups -OCH3 is 1. The van der Waals surface area contributed by atoms with E-state index >= 15 is 0 Å². The summed E-state index contributed by atoms with van der Waals surface area (Å²) in [7, 11) is 1.21. The third kappa shape index (κ3) is 9.65. The van der Waals surface area contributed by atoms with Crippen LogP contribution in [0.3, 0.4) is 0 Å². The molecule has 1 fully saturated rings. The SMILES string of the molecule is COC(=O)C1OC1C(=O)NC(Cc1ccccc1)C(=O)CC(CC(C)C)C(=O)NCCCN=C(N)N. The van der Waals surface area contributed by atoms with Gasteiger partial charge in [0.15, 0.2) is 24.0 Å². The van der Waals surface area contributed by atoms with Crippen LogP contribution in [0, 0.1) is 11.8 Å². The lowest BCUT2D eigenvalue weighted by atomic mass is 9.88. The molecule has 0 aliphatic carbocycles. The fourth-order valence-corrected chi connectivity index (χ4v) is 3.84. The Labute approximate surface area is 211 Å². The monoisotopic (exact) mass is 503 g/mol. The Morgan fingerprint density at radius 3 is 2.42 bits per heavy atom. The van der Waals surface area contributed by atoms with Crippen LogP contribution in [-0.2, 0) is 35.1 Å². The normalized spacial score (nSPS) is 18.0. The first-order valence-electron chi connectivity index (χ1n) is 12.1. The van der Waals surface area contributed by atoms with E-state index in [-0.39, 0.29) is 36.4 Å². The van der Waals surface area contributed by atoms with Gasteiger partial charge in [-0.2, -0.15) is 0 Å². The minimum Gasteiger partial charge on any atom is -0.467 e. The number of benzene rings is 1. The summed E-state index contributed by atoms with van der Waals surface area (Å²) >= 11 is 0. The highest BCUT2D eigenvalue weighted by atomic mass is 16.6. The molecule has 6 N–H and O–H groups in total. The topological polar surface area (TPSA) is 178 Å². The first kappa shape index (κ1) is 28.8. The van der Waals surface area contributed by atoms with Gasteiger partial charge in [0.2, 0.25) is 5.91 Å². The van der Waals surface area contributed by atoms with Crippen molar-refractivity contribution in [3.05, 3.63) is 35.9 Å². The summed E-state index contributed by atoms with van der Waals surface area (Å²) in [6.45, 7) is 4.71. The molecule has 1 aliphatic heterocycles. The summed E-state index contributed by atoms with van der Waals surface area (Å²) in [4.78, 5) is 54.4. The quantitative estimate of drug-likeness (QED) is 0.0852. The van der Waals surface area contributed by atoms with Gasteiger partial charge in [-0.15, -0.1) is 0 Å². The number of Topliss-reactive ketones (excluding diaryl/α,β-unsaturated/α-hetero) is 1. The molecule has 0 radical (unpaired) electrons. The molecule has 4 atom stereocenters. The molecule has 2 amide bonds. The molecule has 2 rings (SSSR count). The van der Waals surface area contributed by atoms with E-state index in [1.165, 1.54) is 7.11 Å². The number of aliphatic imine (C=N–C) groups is 1. The Morgan fingerprint density at radius 2 is 1.81 bits per heavy atom. The lowest BCUT2D eigenvalue weighted by Crippen LogP contribution is -2.46. The van der Waals surface area contributed by atoms with E-state index in [4.69, 9.17) is 16.2 Å². The van der Waals surface area contributed by atoms with Crippen LogP contribution in [0.15, 0.2) is 35.3 Å². The second kappa shape index (κ2) is 14.2. The first-order chi connectivity index (χ1) is 17.1. The molecule has 0 bridgehead atoms. The van der Waals surface area contributed by atoms with Crippen LogP contribution >= 0.6 is 0 Å². The zero-order chi connectivity index (χ0) is 26.7. The number of rotatable bonds is 15. The molecule has 1 heterocycles. The van der Waals surface area contributed by atoms with Crippen LogP contribution in [0.5, 0.6) is 0 Å². The first-order valence-corrected chi connectivity index (χ1v) is 12.1. The van der Waals surface area contributed by atoms with Crippen LogP contribution in [-0.4, -0.2) is 68.0 Å². The number of carbonyl (C=O) groups is 4. The number of ether oxygens (including phenoxy) is 2. The fraction of sp³-hybridized carbons (Fsp3) is 0.560. The highest BCUT2D eigenvalue weighted by molar-refractivity contribution is 5.97. The molecular weight excluding hydrogens is 466 g/mol. The number of nitrogens with one attached hydrogen (secondary N) is 2. The predicted octanol–water partition coefficient (Wildman–Crippen LogP) is 0.0555. The van der Waals surface area contributed by atoms with Crippen molar-refractivity contribution in [3.63, 3.8) is 0 Å². The van der Waals surface area contributed by atoms with Gasteiger partial charge in [0.05, 0.1) is 13.2 Å². The molecule has 4 unspecified atom stereocenters. The number of ketones is 1. The summed E-state index contributed by atoms with van der Waals surface area (Å²) in [5.74, 6) is -2.11. The summed E-state index contributed by atoms with van der Waals surface area (Å²) in [5, 5.41) is 5.56. The van der Waals surface area contributed by atoms with Crippen molar-refractivity contribution in [3.8, 4) is 0 Å². The van der Waals surface area contributed by atoms with Gasteiger partial charge < -0.3 is 31.6 Å². The van der Waals surface area contributed by atoms with Crippen LogP contribution < -0.4 is 22.1 Å². The fourth-order valence-electron chi connectivity index (χ4n) is 3.84. The minimum atomic E-state index is -0.997. The van der Waals surface area contributed by atoms with Gasteiger partial charge in [0.1, 0.15) is 0 Å². The van der Waals surface area contributed by atoms with E-state index in [1.807, 2.05) is 44.2 Å². The Morgan fingerprint density at radius 1 is 1.11 bits per heavy atom. The summed E-state index contributed by atoms with van der Waals surface area (Å²) in [6, 6.07) is 8.36. The van der Waals surface area contributed by atoms with Gasteiger partial charge in [-0.25, -0.2) is 4.79 Å². The number of amides is 2. The van der Waals surface area contributed by atoms with Crippen LogP contribution in [0.2, 0.25) is 0 Å². The van der Waals surface area contributed by atoms with E-state index in [1.54, 1.807) is 0 Å². The van der Waals surface area contributed by atoms with Gasteiger partial charge >= 0.3 is 5.97 Å². The molecular formula is C25H37N5O6. The van der Waals surface area contributed by atoms with Gasteiger partial charge in [-0.1, -0.05) is 44.2 Å². The maximum absolute atomic E-state index is 13.4. The Kier molecular flexibility index (Phi) is 11.3. The molecule has 36 heavy (non-hydrogen) atoms. The highest BCUT2D eigenvalue weighted by Crippen LogP contribution is 2.24. The smallest absolute Gasteiger partial charge is 0.338 e. The zero-order valence-corrected chi connectivity index (χ0v) is 21.1. The van der Waals surface area contributed by atoms with Crippen molar-refractivity contribution in [2.75, 3.05) is 20.2 Å². The molecule has 11 heteroatoms. The zero-order valence-electron chi connectivity index (χ0n) is 21.1. The van der Waals surface area contributed by atoms with Crippen molar-refractivity contribution in [1.29, 1.82) is 0 Å². The van der Waals surface area contributed by atoms with Crippen molar-refractivity contribution in [2.24, 2.45) is 28.3 Å². The number of carbonyl (C=O) groups excluding carboxylic acids is 4. The van der Waals surface area contributed by atoms with E-state index in [2.05, 4.69) is 20.4 Å². The minimum absolute atomic E-state index is 0.00869. The lowest BCUT2D eigenvalue weighted by molar-refractivity contribution is -0.142. The standard InChI is InChI=1S/C25H37N5O6/c1-15(2)12-17(22(32)28-10-7-11-29-25(26)27)14-19(31)18(13-16-8-5-4-6-9-16)30-23(33)20-21(36-20)24(34)35-3/h4-6,8-9,15,17-18,20-21H,7,10-14H2,1-3H3,(H,28,32)(H,30,33)(H4,26,27,29). The number of nitrogens with zero attached hydrogens (tertiary/aromatic N) is 1. The van der Waals surface area contributed by atoms with E-state index in [0.717, 1.165) is 5.56 Å². The van der Waals surface area contributed by atoms with E-state index < -0.39 is 36.0 Å². The third-order valence-corrected chi connectivity index (χ3v) is 5.67. The third-order valence-electron chi connectivity index (χ3n) is 5.67. The van der Waals surface area contributed by atoms with Crippen molar-refractivity contribution in [1.82, 2.24) is 10.6 Å². The van der Waals surface area contributed by atoms with Crippen molar-refractivity contribution < 1.29 is 28.7 Å². The molecule has 1 saturated heterocycles. The summed E-state index contributed by atoms with van der Waals surface area (Å²) < 4.78 is 9.73.